The first-order valence-electron chi connectivity index (χ1n) is 8.60. The molecule has 1 aromatic rings. The van der Waals surface area contributed by atoms with Crippen molar-refractivity contribution < 1.29 is 13.2 Å². The average molecular weight is 403 g/mol. The number of halogens is 1. The molecule has 1 N–H and O–H groups in total. The maximum Gasteiger partial charge on any atom is 0.193 e. The fraction of sp³-hybridized carbons (Fsp3) is 0.588. The summed E-state index contributed by atoms with van der Waals surface area (Å²) in [6.45, 7) is 4.76. The minimum absolute atomic E-state index is 0.0488. The molecule has 26 heavy (non-hydrogen) atoms. The van der Waals surface area contributed by atoms with Gasteiger partial charge < -0.3 is 19.9 Å². The van der Waals surface area contributed by atoms with Crippen LogP contribution in [0.3, 0.4) is 0 Å². The number of nitrogens with zero attached hydrogens (tertiary/aromatic N) is 3. The number of nitrogens with one attached hydrogen (secondary N) is 1. The average Bonchev–Trinajstić information content (AvgIpc) is 2.60. The summed E-state index contributed by atoms with van der Waals surface area (Å²) in [7, 11) is -1.21. The lowest BCUT2D eigenvalue weighted by Gasteiger charge is -2.37. The molecule has 1 aliphatic heterocycles. The molecule has 9 heteroatoms. The van der Waals surface area contributed by atoms with Gasteiger partial charge in [0.05, 0.1) is 19.0 Å². The molecule has 0 unspecified atom stereocenters. The van der Waals surface area contributed by atoms with E-state index in [1.165, 1.54) is 6.26 Å². The molecule has 0 radical (unpaired) electrons. The highest BCUT2D eigenvalue weighted by Crippen LogP contribution is 2.20. The van der Waals surface area contributed by atoms with Crippen LogP contribution in [0, 0.1) is 0 Å². The standard InChI is InChI=1S/C17H27ClN4O3S/c1-19-17(20-6-11-25-12-13-26(2,23)24)22-9-7-21(8-10-22)16-5-3-4-15(18)14-16/h3-5,14H,6-13H2,1-2H3,(H,19,20). The Morgan fingerprint density at radius 2 is 2.00 bits per heavy atom. The van der Waals surface area contributed by atoms with Crippen molar-refractivity contribution in [3.63, 3.8) is 0 Å². The molecule has 0 aromatic heterocycles. The van der Waals surface area contributed by atoms with E-state index >= 15 is 0 Å². The Hall–Kier alpha value is -1.51. The Bertz CT molecular complexity index is 704. The first kappa shape index (κ1) is 20.8. The maximum absolute atomic E-state index is 11.0. The molecule has 7 nitrogen and oxygen atoms in total. The number of anilines is 1. The highest BCUT2D eigenvalue weighted by atomic mass is 35.5. The van der Waals surface area contributed by atoms with Crippen molar-refractivity contribution in [3.8, 4) is 0 Å². The van der Waals surface area contributed by atoms with Gasteiger partial charge in [-0.25, -0.2) is 8.42 Å². The molecule has 146 valence electrons. The zero-order valence-corrected chi connectivity index (χ0v) is 16.9. The van der Waals surface area contributed by atoms with Gasteiger partial charge in [0.25, 0.3) is 0 Å². The van der Waals surface area contributed by atoms with E-state index in [-0.39, 0.29) is 12.4 Å². The van der Waals surface area contributed by atoms with Gasteiger partial charge >= 0.3 is 0 Å². The number of piperazine rings is 1. The summed E-state index contributed by atoms with van der Waals surface area (Å²) in [4.78, 5) is 8.84. The van der Waals surface area contributed by atoms with Gasteiger partial charge in [-0.05, 0) is 18.2 Å². The number of aliphatic imine (C=N–C) groups is 1. The van der Waals surface area contributed by atoms with Crippen LogP contribution in [0.2, 0.25) is 5.02 Å². The molecule has 1 fully saturated rings. The van der Waals surface area contributed by atoms with Crippen LogP contribution in [0.25, 0.3) is 0 Å². The van der Waals surface area contributed by atoms with E-state index in [0.717, 1.165) is 42.8 Å². The number of hydrogen-bond acceptors (Lipinski definition) is 5. The highest BCUT2D eigenvalue weighted by molar-refractivity contribution is 7.90. The van der Waals surface area contributed by atoms with Crippen molar-refractivity contribution in [1.29, 1.82) is 0 Å². The van der Waals surface area contributed by atoms with Crippen molar-refractivity contribution in [3.05, 3.63) is 29.3 Å². The van der Waals surface area contributed by atoms with Gasteiger partial charge in [0.1, 0.15) is 9.84 Å². The Kier molecular flexibility index (Phi) is 7.99. The van der Waals surface area contributed by atoms with Crippen molar-refractivity contribution in [2.45, 2.75) is 0 Å². The van der Waals surface area contributed by atoms with Crippen LogP contribution >= 0.6 is 11.6 Å². The van der Waals surface area contributed by atoms with Crippen molar-refractivity contribution in [1.82, 2.24) is 10.2 Å². The normalized spacial score (nSPS) is 16.0. The smallest absolute Gasteiger partial charge is 0.193 e. The number of ether oxygens (including phenoxy) is 1. The molecular formula is C17H27ClN4O3S. The second-order valence-electron chi connectivity index (χ2n) is 6.17. The highest BCUT2D eigenvalue weighted by Gasteiger charge is 2.19. The summed E-state index contributed by atoms with van der Waals surface area (Å²) in [5.41, 5.74) is 1.14. The van der Waals surface area contributed by atoms with E-state index in [1.807, 2.05) is 18.2 Å². The Balaban J connectivity index is 1.71. The number of sulfone groups is 1. The van der Waals surface area contributed by atoms with Gasteiger partial charge in [-0.2, -0.15) is 0 Å². The van der Waals surface area contributed by atoms with Gasteiger partial charge in [0, 0.05) is 56.7 Å². The van der Waals surface area contributed by atoms with E-state index in [2.05, 4.69) is 26.2 Å². The topological polar surface area (TPSA) is 74.2 Å². The van der Waals surface area contributed by atoms with Crippen molar-refractivity contribution >= 4 is 33.1 Å². The molecule has 1 aliphatic rings. The molecule has 0 aliphatic carbocycles. The molecule has 0 spiro atoms. The van der Waals surface area contributed by atoms with Gasteiger partial charge in [0.2, 0.25) is 0 Å². The quantitative estimate of drug-likeness (QED) is 0.418. The zero-order valence-electron chi connectivity index (χ0n) is 15.3. The van der Waals surface area contributed by atoms with Crippen LogP contribution in [0.5, 0.6) is 0 Å². The molecular weight excluding hydrogens is 376 g/mol. The van der Waals surface area contributed by atoms with Crippen molar-refractivity contribution in [2.75, 3.05) is 69.9 Å². The summed E-state index contributed by atoms with van der Waals surface area (Å²) < 4.78 is 27.4. The summed E-state index contributed by atoms with van der Waals surface area (Å²) in [6.07, 6.45) is 1.21. The molecule has 0 bridgehead atoms. The van der Waals surface area contributed by atoms with Crippen molar-refractivity contribution in [2.24, 2.45) is 4.99 Å². The monoisotopic (exact) mass is 402 g/mol. The molecule has 1 saturated heterocycles. The number of guanidine groups is 1. The van der Waals surface area contributed by atoms with Crippen LogP contribution in [0.1, 0.15) is 0 Å². The molecule has 0 saturated carbocycles. The minimum atomic E-state index is -2.97. The lowest BCUT2D eigenvalue weighted by atomic mass is 10.2. The van der Waals surface area contributed by atoms with E-state index in [4.69, 9.17) is 16.3 Å². The van der Waals surface area contributed by atoms with Gasteiger partial charge in [-0.1, -0.05) is 17.7 Å². The van der Waals surface area contributed by atoms with Crippen LogP contribution in [-0.2, 0) is 14.6 Å². The van der Waals surface area contributed by atoms with Crippen LogP contribution < -0.4 is 10.2 Å². The number of rotatable bonds is 7. The Labute approximate surface area is 160 Å². The Morgan fingerprint density at radius 3 is 2.62 bits per heavy atom. The van der Waals surface area contributed by atoms with Gasteiger partial charge in [0.15, 0.2) is 5.96 Å². The molecule has 1 aromatic carbocycles. The lowest BCUT2D eigenvalue weighted by molar-refractivity contribution is 0.153. The first-order valence-corrected chi connectivity index (χ1v) is 11.0. The second-order valence-corrected chi connectivity index (χ2v) is 8.87. The minimum Gasteiger partial charge on any atom is -0.379 e. The second kappa shape index (κ2) is 9.99. The SMILES string of the molecule is CN=C(NCCOCCS(C)(=O)=O)N1CCN(c2cccc(Cl)c2)CC1. The van der Waals surface area contributed by atoms with Crippen LogP contribution in [-0.4, -0.2) is 84.3 Å². The number of hydrogen-bond donors (Lipinski definition) is 1. The van der Waals surface area contributed by atoms with E-state index < -0.39 is 9.84 Å². The lowest BCUT2D eigenvalue weighted by Crippen LogP contribution is -2.53. The largest absolute Gasteiger partial charge is 0.379 e. The van der Waals surface area contributed by atoms with Crippen LogP contribution in [0.4, 0.5) is 5.69 Å². The molecule has 1 heterocycles. The predicted octanol–water partition coefficient (Wildman–Crippen LogP) is 1.10. The van der Waals surface area contributed by atoms with E-state index in [1.54, 1.807) is 7.05 Å². The van der Waals surface area contributed by atoms with E-state index in [9.17, 15) is 8.42 Å². The Morgan fingerprint density at radius 1 is 1.27 bits per heavy atom. The third-order valence-electron chi connectivity index (χ3n) is 4.09. The molecule has 2 rings (SSSR count). The molecule has 0 amide bonds. The fourth-order valence-corrected chi connectivity index (χ4v) is 3.33. The number of benzene rings is 1. The summed E-state index contributed by atoms with van der Waals surface area (Å²) >= 11 is 6.07. The fourth-order valence-electron chi connectivity index (χ4n) is 2.73. The zero-order chi connectivity index (χ0) is 19.0. The van der Waals surface area contributed by atoms with Gasteiger partial charge in [-0.15, -0.1) is 0 Å². The third kappa shape index (κ3) is 7.01. The first-order chi connectivity index (χ1) is 12.4. The van der Waals surface area contributed by atoms with E-state index in [0.29, 0.717) is 13.2 Å². The summed E-state index contributed by atoms with van der Waals surface area (Å²) in [6, 6.07) is 7.90. The van der Waals surface area contributed by atoms with Crippen LogP contribution in [0.15, 0.2) is 29.3 Å². The summed E-state index contributed by atoms with van der Waals surface area (Å²) in [5, 5.41) is 4.01. The van der Waals surface area contributed by atoms with Gasteiger partial charge in [-0.3, -0.25) is 4.99 Å². The predicted molar refractivity (Wildman–Crippen MR) is 107 cm³/mol. The maximum atomic E-state index is 11.0. The third-order valence-corrected chi connectivity index (χ3v) is 5.24. The summed E-state index contributed by atoms with van der Waals surface area (Å²) in [5.74, 6) is 0.884. The molecule has 0 atom stereocenters.